The highest BCUT2D eigenvalue weighted by Crippen LogP contribution is 2.80. The molecule has 6 aliphatic rings. The Kier molecular flexibility index (Phi) is 5.73. The first-order chi connectivity index (χ1) is 17.2. The Morgan fingerprint density at radius 2 is 1.92 bits per heavy atom. The van der Waals surface area contributed by atoms with Gasteiger partial charge in [-0.2, -0.15) is 0 Å². The predicted octanol–water partition coefficient (Wildman–Crippen LogP) is 0.842. The quantitative estimate of drug-likeness (QED) is 0.483. The molecule has 5 saturated carbocycles. The minimum atomic E-state index is -1.44. The summed E-state index contributed by atoms with van der Waals surface area (Å²) < 4.78 is 30.8. The summed E-state index contributed by atoms with van der Waals surface area (Å²) >= 11 is 0. The second-order valence-corrected chi connectivity index (χ2v) is 12.5. The number of likely N-dealkylation sites (tertiary alicyclic amines) is 1. The molecule has 7 bridgehead atoms. The van der Waals surface area contributed by atoms with Gasteiger partial charge >= 0.3 is 5.97 Å². The van der Waals surface area contributed by atoms with E-state index >= 15 is 0 Å². The monoisotopic (exact) mass is 509 g/mol. The summed E-state index contributed by atoms with van der Waals surface area (Å²) in [6, 6.07) is -0.348. The van der Waals surface area contributed by atoms with Crippen molar-refractivity contribution in [2.45, 2.75) is 81.2 Å². The van der Waals surface area contributed by atoms with Gasteiger partial charge in [-0.05, 0) is 31.7 Å². The third kappa shape index (κ3) is 2.50. The van der Waals surface area contributed by atoms with Crippen molar-refractivity contribution in [2.24, 2.45) is 34.5 Å². The van der Waals surface area contributed by atoms with Gasteiger partial charge in [-0.3, -0.25) is 9.69 Å². The van der Waals surface area contributed by atoms with E-state index in [9.17, 15) is 15.0 Å². The van der Waals surface area contributed by atoms with Gasteiger partial charge in [0, 0.05) is 76.9 Å². The molecular formula is C27H43NO8. The number of piperidine rings is 1. The molecule has 6 rings (SSSR count). The van der Waals surface area contributed by atoms with E-state index in [0.717, 1.165) is 25.9 Å². The molecule has 5 aliphatic carbocycles. The molecule has 1 unspecified atom stereocenters. The van der Waals surface area contributed by atoms with E-state index in [1.165, 1.54) is 6.92 Å². The first-order valence-corrected chi connectivity index (χ1v) is 13.6. The second kappa shape index (κ2) is 8.10. The van der Waals surface area contributed by atoms with Crippen LogP contribution in [-0.4, -0.2) is 111 Å². The summed E-state index contributed by atoms with van der Waals surface area (Å²) in [6.45, 7) is 5.63. The molecule has 0 amide bonds. The molecule has 1 heterocycles. The lowest BCUT2D eigenvalue weighted by Gasteiger charge is -2.70. The van der Waals surface area contributed by atoms with E-state index in [2.05, 4.69) is 11.8 Å². The van der Waals surface area contributed by atoms with Gasteiger partial charge in [-0.1, -0.05) is 6.92 Å². The van der Waals surface area contributed by atoms with Crippen molar-refractivity contribution in [2.75, 3.05) is 48.1 Å². The maximum Gasteiger partial charge on any atom is 0.302 e. The molecule has 36 heavy (non-hydrogen) atoms. The van der Waals surface area contributed by atoms with E-state index in [1.54, 1.807) is 28.4 Å². The fourth-order valence-electron chi connectivity index (χ4n) is 11.4. The Bertz CT molecular complexity index is 918. The Balaban J connectivity index is 1.67. The number of hydrogen-bond acceptors (Lipinski definition) is 9. The zero-order valence-electron chi connectivity index (χ0n) is 22.4. The summed E-state index contributed by atoms with van der Waals surface area (Å²) in [4.78, 5) is 14.7. The van der Waals surface area contributed by atoms with Gasteiger partial charge in [0.1, 0.15) is 17.3 Å². The van der Waals surface area contributed by atoms with Crippen LogP contribution in [0.5, 0.6) is 0 Å². The van der Waals surface area contributed by atoms with Crippen molar-refractivity contribution in [3.8, 4) is 0 Å². The fourth-order valence-corrected chi connectivity index (χ4v) is 11.4. The van der Waals surface area contributed by atoms with Crippen molar-refractivity contribution in [3.63, 3.8) is 0 Å². The van der Waals surface area contributed by atoms with Crippen molar-refractivity contribution < 1.29 is 38.7 Å². The maximum absolute atomic E-state index is 13.3. The van der Waals surface area contributed by atoms with Crippen LogP contribution < -0.4 is 0 Å². The standard InChI is InChI=1S/C27H43NO8/c1-7-28-12-24(13-32-3)9-8-18(30)26-16-10-15-17(33-4)11-25(35-6,19(16)20(15)36-14(2)29)27(31,23(26)28)22(34-5)21(24)26/h15-23,30-31H,7-13H2,1-6H3/t15-,16-,17+,18+,19-,20+,21-,22+,23?,24+,25-,26+,27-/m1/s1. The molecule has 1 saturated heterocycles. The van der Waals surface area contributed by atoms with Crippen molar-refractivity contribution in [3.05, 3.63) is 0 Å². The van der Waals surface area contributed by atoms with Crippen molar-refractivity contribution in [1.82, 2.24) is 4.90 Å². The highest BCUT2D eigenvalue weighted by molar-refractivity contribution is 5.66. The number of carbonyl (C=O) groups excluding carboxylic acids is 1. The van der Waals surface area contributed by atoms with Gasteiger partial charge in [0.15, 0.2) is 0 Å². The van der Waals surface area contributed by atoms with E-state index in [-0.39, 0.29) is 47.2 Å². The number of aliphatic hydroxyl groups excluding tert-OH is 1. The number of aliphatic hydroxyl groups is 2. The van der Waals surface area contributed by atoms with Crippen LogP contribution in [0.1, 0.15) is 39.5 Å². The molecule has 1 spiro atoms. The SMILES string of the molecule is CCN1C[C@]2(COC)CC[C@H](O)[C@]34C1[C@](O)([C@@H](OC)[C@H]23)[C@@]1(OC)C[C@H](OC)[C@H]2C[C@@H]4[C@@H]1[C@H]2OC(C)=O. The van der Waals surface area contributed by atoms with E-state index in [1.807, 2.05) is 0 Å². The largest absolute Gasteiger partial charge is 0.462 e. The number of ether oxygens (including phenoxy) is 5. The van der Waals surface area contributed by atoms with E-state index in [4.69, 9.17) is 23.7 Å². The number of fused-ring (bicyclic) bond motifs is 2. The Hall–Kier alpha value is -0.810. The van der Waals surface area contributed by atoms with Gasteiger partial charge in [0.2, 0.25) is 0 Å². The molecule has 0 radical (unpaired) electrons. The lowest BCUT2D eigenvalue weighted by molar-refractivity contribution is -0.324. The average Bonchev–Trinajstić information content (AvgIpc) is 3.22. The molecule has 204 valence electrons. The van der Waals surface area contributed by atoms with Crippen LogP contribution in [0.2, 0.25) is 0 Å². The zero-order chi connectivity index (χ0) is 25.8. The van der Waals surface area contributed by atoms with Crippen LogP contribution in [0, 0.1) is 34.5 Å². The third-order valence-electron chi connectivity index (χ3n) is 11.8. The van der Waals surface area contributed by atoms with Crippen LogP contribution >= 0.6 is 0 Å². The summed E-state index contributed by atoms with van der Waals surface area (Å²) in [5.74, 6) is -0.764. The van der Waals surface area contributed by atoms with Crippen LogP contribution in [-0.2, 0) is 28.5 Å². The average molecular weight is 510 g/mol. The van der Waals surface area contributed by atoms with Gasteiger partial charge in [-0.25, -0.2) is 0 Å². The smallest absolute Gasteiger partial charge is 0.302 e. The normalized spacial score (nSPS) is 56.6. The third-order valence-corrected chi connectivity index (χ3v) is 11.8. The van der Waals surface area contributed by atoms with E-state index < -0.39 is 34.9 Å². The lowest BCUT2D eigenvalue weighted by atomic mass is 9.42. The Morgan fingerprint density at radius 1 is 1.17 bits per heavy atom. The topological polar surface area (TPSA) is 107 Å². The molecule has 2 N–H and O–H groups in total. The highest BCUT2D eigenvalue weighted by Gasteiger charge is 2.92. The number of hydrogen-bond donors (Lipinski definition) is 2. The second-order valence-electron chi connectivity index (χ2n) is 12.5. The molecule has 0 aromatic rings. The summed E-state index contributed by atoms with van der Waals surface area (Å²) in [7, 11) is 6.77. The fraction of sp³-hybridized carbons (Fsp3) is 0.963. The van der Waals surface area contributed by atoms with Crippen LogP contribution in [0.3, 0.4) is 0 Å². The summed E-state index contributed by atoms with van der Waals surface area (Å²) in [5, 5.41) is 25.4. The number of esters is 1. The molecule has 0 aromatic heterocycles. The number of carbonyl (C=O) groups is 1. The maximum atomic E-state index is 13.3. The molecule has 6 fully saturated rings. The molecular weight excluding hydrogens is 466 g/mol. The van der Waals surface area contributed by atoms with Crippen LogP contribution in [0.15, 0.2) is 0 Å². The van der Waals surface area contributed by atoms with Gasteiger partial charge in [-0.15, -0.1) is 0 Å². The minimum absolute atomic E-state index is 0.0164. The molecule has 9 heteroatoms. The van der Waals surface area contributed by atoms with E-state index in [0.29, 0.717) is 19.4 Å². The van der Waals surface area contributed by atoms with Gasteiger partial charge < -0.3 is 33.9 Å². The predicted molar refractivity (Wildman–Crippen MR) is 128 cm³/mol. The molecule has 13 atom stereocenters. The molecule has 9 nitrogen and oxygen atoms in total. The van der Waals surface area contributed by atoms with Crippen LogP contribution in [0.25, 0.3) is 0 Å². The summed E-state index contributed by atoms with van der Waals surface area (Å²) in [6.07, 6.45) is 0.828. The lowest BCUT2D eigenvalue weighted by Crippen LogP contribution is -2.82. The number of nitrogens with zero attached hydrogens (tertiary/aromatic N) is 1. The molecule has 1 aliphatic heterocycles. The summed E-state index contributed by atoms with van der Waals surface area (Å²) in [5.41, 5.74) is -3.41. The Morgan fingerprint density at radius 3 is 2.50 bits per heavy atom. The first kappa shape index (κ1) is 25.5. The highest BCUT2D eigenvalue weighted by atomic mass is 16.6. The van der Waals surface area contributed by atoms with Gasteiger partial charge in [0.25, 0.3) is 0 Å². The number of methoxy groups -OCH3 is 4. The van der Waals surface area contributed by atoms with Crippen molar-refractivity contribution >= 4 is 5.97 Å². The zero-order valence-corrected chi connectivity index (χ0v) is 22.4. The molecule has 0 aromatic carbocycles. The number of likely N-dealkylation sites (N-methyl/N-ethyl adjacent to an activating group) is 1. The first-order valence-electron chi connectivity index (χ1n) is 13.6. The van der Waals surface area contributed by atoms with Crippen LogP contribution in [0.4, 0.5) is 0 Å². The van der Waals surface area contributed by atoms with Crippen molar-refractivity contribution in [1.29, 1.82) is 0 Å². The van der Waals surface area contributed by atoms with Gasteiger partial charge in [0.05, 0.1) is 31.0 Å². The Labute approximate surface area is 213 Å². The number of rotatable bonds is 7. The minimum Gasteiger partial charge on any atom is -0.462 e.